The summed E-state index contributed by atoms with van der Waals surface area (Å²) in [5.74, 6) is 0.279. The number of carbonyl (C=O) groups is 1. The van der Waals surface area contributed by atoms with Gasteiger partial charge in [-0.05, 0) is 32.1 Å². The predicted molar refractivity (Wildman–Crippen MR) is 53.1 cm³/mol. The zero-order valence-electron chi connectivity index (χ0n) is 8.74. The first kappa shape index (κ1) is 11.4. The van der Waals surface area contributed by atoms with Crippen molar-refractivity contribution >= 4 is 5.78 Å². The van der Waals surface area contributed by atoms with Crippen LogP contribution in [0.1, 0.15) is 47.0 Å². The summed E-state index contributed by atoms with van der Waals surface area (Å²) in [6.07, 6.45) is 2.77. The van der Waals surface area contributed by atoms with Gasteiger partial charge in [0.15, 0.2) is 0 Å². The zero-order valence-corrected chi connectivity index (χ0v) is 8.74. The van der Waals surface area contributed by atoms with E-state index in [-0.39, 0.29) is 11.2 Å². The summed E-state index contributed by atoms with van der Waals surface area (Å²) in [4.78, 5) is 10.9. The Kier molecular flexibility index (Phi) is 4.22. The Hall–Kier alpha value is -0.590. The van der Waals surface area contributed by atoms with Crippen LogP contribution in [0.3, 0.4) is 0 Å². The Morgan fingerprint density at radius 1 is 1.33 bits per heavy atom. The zero-order chi connectivity index (χ0) is 9.78. The van der Waals surface area contributed by atoms with E-state index in [2.05, 4.69) is 20.4 Å². The molecule has 0 saturated carbocycles. The maximum absolute atomic E-state index is 10.9. The highest BCUT2D eigenvalue weighted by atomic mass is 16.1. The van der Waals surface area contributed by atoms with Crippen LogP contribution in [0.25, 0.3) is 0 Å². The highest BCUT2D eigenvalue weighted by Gasteiger charge is 2.19. The third kappa shape index (κ3) is 6.14. The monoisotopic (exact) mass is 168 g/mol. The molecule has 0 aliphatic carbocycles. The summed E-state index contributed by atoms with van der Waals surface area (Å²) in [5.41, 5.74) is 1.34. The molecule has 0 aliphatic heterocycles. The van der Waals surface area contributed by atoms with Crippen molar-refractivity contribution in [2.75, 3.05) is 0 Å². The van der Waals surface area contributed by atoms with E-state index in [0.29, 0.717) is 6.42 Å². The van der Waals surface area contributed by atoms with Crippen molar-refractivity contribution in [1.29, 1.82) is 0 Å². The van der Waals surface area contributed by atoms with Crippen LogP contribution in [-0.4, -0.2) is 5.78 Å². The molecule has 0 bridgehead atoms. The number of ketones is 1. The predicted octanol–water partition coefficient (Wildman–Crippen LogP) is 3.35. The van der Waals surface area contributed by atoms with Gasteiger partial charge in [-0.3, -0.25) is 0 Å². The van der Waals surface area contributed by atoms with Gasteiger partial charge in [-0.2, -0.15) is 0 Å². The van der Waals surface area contributed by atoms with Crippen LogP contribution < -0.4 is 0 Å². The number of carbonyl (C=O) groups excluding carboxylic acids is 1. The minimum Gasteiger partial charge on any atom is -0.300 e. The number of hydrogen-bond donors (Lipinski definition) is 0. The Bertz CT molecular complexity index is 177. The van der Waals surface area contributed by atoms with E-state index >= 15 is 0 Å². The van der Waals surface area contributed by atoms with Gasteiger partial charge in [-0.15, -0.1) is 6.58 Å². The quantitative estimate of drug-likeness (QED) is 0.575. The molecule has 0 amide bonds. The van der Waals surface area contributed by atoms with Gasteiger partial charge in [-0.25, -0.2) is 0 Å². The second kappa shape index (κ2) is 4.44. The van der Waals surface area contributed by atoms with Crippen molar-refractivity contribution < 1.29 is 4.79 Å². The highest BCUT2D eigenvalue weighted by molar-refractivity contribution is 5.76. The lowest BCUT2D eigenvalue weighted by molar-refractivity contribution is -0.118. The van der Waals surface area contributed by atoms with Gasteiger partial charge in [0.1, 0.15) is 5.78 Å². The number of rotatable bonds is 5. The minimum atomic E-state index is 0.144. The Morgan fingerprint density at radius 2 is 1.83 bits per heavy atom. The molecule has 1 nitrogen and oxygen atoms in total. The van der Waals surface area contributed by atoms with Gasteiger partial charge < -0.3 is 4.79 Å². The lowest BCUT2D eigenvalue weighted by Gasteiger charge is -2.22. The van der Waals surface area contributed by atoms with E-state index in [0.717, 1.165) is 12.8 Å². The van der Waals surface area contributed by atoms with Crippen molar-refractivity contribution in [2.24, 2.45) is 5.41 Å². The summed E-state index contributed by atoms with van der Waals surface area (Å²) < 4.78 is 0. The van der Waals surface area contributed by atoms with E-state index < -0.39 is 0 Å². The minimum absolute atomic E-state index is 0.144. The highest BCUT2D eigenvalue weighted by Crippen LogP contribution is 2.28. The first-order valence-electron chi connectivity index (χ1n) is 4.47. The van der Waals surface area contributed by atoms with Gasteiger partial charge in [0.2, 0.25) is 0 Å². The lowest BCUT2D eigenvalue weighted by atomic mass is 9.82. The molecule has 0 heterocycles. The van der Waals surface area contributed by atoms with E-state index in [1.807, 2.05) is 6.92 Å². The van der Waals surface area contributed by atoms with E-state index in [9.17, 15) is 4.79 Å². The van der Waals surface area contributed by atoms with Crippen molar-refractivity contribution in [1.82, 2.24) is 0 Å². The Morgan fingerprint density at radius 3 is 2.17 bits per heavy atom. The number of Topliss-reactive ketones (excluding diaryl/α,β-unsaturated/α-hetero) is 1. The molecule has 0 rings (SSSR count). The average molecular weight is 168 g/mol. The summed E-state index contributed by atoms with van der Waals surface area (Å²) in [6.45, 7) is 11.8. The van der Waals surface area contributed by atoms with E-state index in [1.54, 1.807) is 6.92 Å². The number of allylic oxidation sites excluding steroid dienone is 1. The smallest absolute Gasteiger partial charge is 0.130 e. The average Bonchev–Trinajstić information content (AvgIpc) is 1.81. The second-order valence-corrected chi connectivity index (χ2v) is 4.50. The molecule has 0 aromatic rings. The molecule has 0 unspecified atom stereocenters. The lowest BCUT2D eigenvalue weighted by Crippen LogP contribution is -2.15. The van der Waals surface area contributed by atoms with Crippen LogP contribution in [-0.2, 0) is 4.79 Å². The molecule has 12 heavy (non-hydrogen) atoms. The second-order valence-electron chi connectivity index (χ2n) is 4.50. The summed E-state index contributed by atoms with van der Waals surface area (Å²) >= 11 is 0. The third-order valence-electron chi connectivity index (χ3n) is 1.96. The van der Waals surface area contributed by atoms with Crippen LogP contribution >= 0.6 is 0 Å². The SMILES string of the molecule is C=C(C)CCC(C)(C)CC(C)=O. The van der Waals surface area contributed by atoms with Crippen LogP contribution in [0.15, 0.2) is 12.2 Å². The van der Waals surface area contributed by atoms with Crippen molar-refractivity contribution in [2.45, 2.75) is 47.0 Å². The van der Waals surface area contributed by atoms with Crippen LogP contribution in [0.2, 0.25) is 0 Å². The van der Waals surface area contributed by atoms with Crippen molar-refractivity contribution in [3.8, 4) is 0 Å². The fraction of sp³-hybridized carbons (Fsp3) is 0.727. The van der Waals surface area contributed by atoms with Crippen molar-refractivity contribution in [3.05, 3.63) is 12.2 Å². The first-order valence-corrected chi connectivity index (χ1v) is 4.47. The topological polar surface area (TPSA) is 17.1 Å². The molecule has 0 saturated heterocycles. The molecular weight excluding hydrogens is 148 g/mol. The van der Waals surface area contributed by atoms with Crippen LogP contribution in [0.4, 0.5) is 0 Å². The summed E-state index contributed by atoms with van der Waals surface area (Å²) in [6, 6.07) is 0. The molecule has 0 aromatic heterocycles. The van der Waals surface area contributed by atoms with E-state index in [4.69, 9.17) is 0 Å². The van der Waals surface area contributed by atoms with Crippen LogP contribution in [0.5, 0.6) is 0 Å². The first-order chi connectivity index (χ1) is 5.33. The molecule has 0 spiro atoms. The largest absolute Gasteiger partial charge is 0.300 e. The normalized spacial score (nSPS) is 11.3. The maximum atomic E-state index is 10.9. The molecule has 0 radical (unpaired) electrons. The van der Waals surface area contributed by atoms with Crippen LogP contribution in [0, 0.1) is 5.41 Å². The molecule has 0 aromatic carbocycles. The summed E-state index contributed by atoms with van der Waals surface area (Å²) in [7, 11) is 0. The van der Waals surface area contributed by atoms with E-state index in [1.165, 1.54) is 5.57 Å². The van der Waals surface area contributed by atoms with Crippen molar-refractivity contribution in [3.63, 3.8) is 0 Å². The molecule has 0 aliphatic rings. The standard InChI is InChI=1S/C11H20O/c1-9(2)6-7-11(4,5)8-10(3)12/h1,6-8H2,2-5H3. The Labute approximate surface area is 75.9 Å². The molecule has 1 heteroatoms. The Balaban J connectivity index is 3.86. The van der Waals surface area contributed by atoms with Gasteiger partial charge in [0.05, 0.1) is 0 Å². The molecule has 70 valence electrons. The fourth-order valence-electron chi connectivity index (χ4n) is 1.31. The third-order valence-corrected chi connectivity index (χ3v) is 1.96. The number of hydrogen-bond acceptors (Lipinski definition) is 1. The molecular formula is C11H20O. The molecule has 0 atom stereocenters. The van der Waals surface area contributed by atoms with Gasteiger partial charge >= 0.3 is 0 Å². The maximum Gasteiger partial charge on any atom is 0.130 e. The van der Waals surface area contributed by atoms with Gasteiger partial charge in [-0.1, -0.05) is 19.4 Å². The summed E-state index contributed by atoms with van der Waals surface area (Å²) in [5, 5.41) is 0. The van der Waals surface area contributed by atoms with Gasteiger partial charge in [0.25, 0.3) is 0 Å². The van der Waals surface area contributed by atoms with Gasteiger partial charge in [0, 0.05) is 6.42 Å². The fourth-order valence-corrected chi connectivity index (χ4v) is 1.31. The molecule has 0 N–H and O–H groups in total. The molecule has 0 fully saturated rings.